The average molecular weight is 250 g/mol. The third-order valence-corrected chi connectivity index (χ3v) is 3.82. The summed E-state index contributed by atoms with van der Waals surface area (Å²) in [5.74, 6) is 0. The molecule has 0 unspecified atom stereocenters. The molecule has 0 bridgehead atoms. The van der Waals surface area contributed by atoms with Crippen LogP contribution in [0.15, 0.2) is 48.4 Å². The van der Waals surface area contributed by atoms with Crippen LogP contribution in [0.1, 0.15) is 20.8 Å². The molecule has 0 radical (unpaired) electrons. The zero-order valence-corrected chi connectivity index (χ0v) is 11.7. The second-order valence-corrected chi connectivity index (χ2v) is 6.21. The van der Waals surface area contributed by atoms with Crippen LogP contribution in [-0.2, 0) is 0 Å². The lowest BCUT2D eigenvalue weighted by atomic mass is 9.57. The van der Waals surface area contributed by atoms with Crippen LogP contribution >= 0.6 is 0 Å². The van der Waals surface area contributed by atoms with Gasteiger partial charge in [0.15, 0.2) is 0 Å². The highest BCUT2D eigenvalue weighted by atomic mass is 15.0. The van der Waals surface area contributed by atoms with E-state index in [4.69, 9.17) is 0 Å². The maximum Gasteiger partial charge on any atom is 0.401 e. The summed E-state index contributed by atoms with van der Waals surface area (Å²) >= 11 is 0. The summed E-state index contributed by atoms with van der Waals surface area (Å²) in [6.07, 6.45) is 0. The number of benzene rings is 2. The first-order valence-electron chi connectivity index (χ1n) is 6.71. The van der Waals surface area contributed by atoms with Crippen molar-refractivity contribution >= 4 is 29.1 Å². The first kappa shape index (κ1) is 12.2. The monoisotopic (exact) mass is 250 g/mol. The van der Waals surface area contributed by atoms with Crippen LogP contribution in [-0.4, -0.2) is 6.98 Å². The van der Waals surface area contributed by atoms with E-state index in [1.165, 1.54) is 27.6 Å². The Morgan fingerprint density at radius 3 is 2.00 bits per heavy atom. The van der Waals surface area contributed by atoms with Gasteiger partial charge in [-0.2, -0.15) is 0 Å². The van der Waals surface area contributed by atoms with Gasteiger partial charge >= 0.3 is 6.98 Å². The number of anilines is 2. The van der Waals surface area contributed by atoms with Gasteiger partial charge in [0.25, 0.3) is 0 Å². The first-order valence-corrected chi connectivity index (χ1v) is 6.71. The number of hydrogen-bond donors (Lipinski definition) is 2. The van der Waals surface area contributed by atoms with Crippen LogP contribution in [0.2, 0.25) is 0 Å². The lowest BCUT2D eigenvalue weighted by Gasteiger charge is -2.32. The molecule has 2 nitrogen and oxygen atoms in total. The van der Waals surface area contributed by atoms with Crippen molar-refractivity contribution < 1.29 is 0 Å². The summed E-state index contributed by atoms with van der Waals surface area (Å²) in [4.78, 5) is 0. The van der Waals surface area contributed by atoms with Gasteiger partial charge in [0.05, 0.1) is 0 Å². The Kier molecular flexibility index (Phi) is 2.59. The second-order valence-electron chi connectivity index (χ2n) is 6.21. The van der Waals surface area contributed by atoms with Crippen molar-refractivity contribution in [1.29, 1.82) is 0 Å². The quantitative estimate of drug-likeness (QED) is 0.737. The summed E-state index contributed by atoms with van der Waals surface area (Å²) in [5.41, 5.74) is 3.61. The fraction of sp³-hybridized carbons (Fsp3) is 0.250. The van der Waals surface area contributed by atoms with Crippen molar-refractivity contribution in [3.8, 4) is 0 Å². The van der Waals surface area contributed by atoms with Crippen molar-refractivity contribution in [3.05, 3.63) is 48.4 Å². The van der Waals surface area contributed by atoms with E-state index in [1.807, 2.05) is 0 Å². The number of rotatable bonds is 1. The van der Waals surface area contributed by atoms with Crippen LogP contribution in [0.5, 0.6) is 0 Å². The highest BCUT2D eigenvalue weighted by Crippen LogP contribution is 2.37. The van der Waals surface area contributed by atoms with Crippen molar-refractivity contribution in [3.63, 3.8) is 0 Å². The molecule has 2 aromatic rings. The molecule has 2 aromatic carbocycles. The van der Waals surface area contributed by atoms with E-state index in [9.17, 15) is 0 Å². The molecule has 3 rings (SSSR count). The van der Waals surface area contributed by atoms with E-state index in [0.29, 0.717) is 0 Å². The summed E-state index contributed by atoms with van der Waals surface area (Å²) in [6.45, 7) is 10.9. The van der Waals surface area contributed by atoms with Gasteiger partial charge in [0.2, 0.25) is 0 Å². The molecule has 0 aliphatic carbocycles. The molecule has 0 atom stereocenters. The molecule has 2 N–H and O–H groups in total. The number of allylic oxidation sites excluding steroid dienone is 1. The maximum atomic E-state index is 4.26. The van der Waals surface area contributed by atoms with Gasteiger partial charge in [-0.05, 0) is 22.9 Å². The van der Waals surface area contributed by atoms with Crippen LogP contribution < -0.4 is 10.5 Å². The lowest BCUT2D eigenvalue weighted by Crippen LogP contribution is -2.42. The van der Waals surface area contributed by atoms with Gasteiger partial charge in [-0.1, -0.05) is 50.5 Å². The van der Waals surface area contributed by atoms with Crippen molar-refractivity contribution in [1.82, 2.24) is 0 Å². The molecule has 19 heavy (non-hydrogen) atoms. The Hall–Kier alpha value is -1.90. The Morgan fingerprint density at radius 1 is 1.00 bits per heavy atom. The fourth-order valence-electron chi connectivity index (χ4n) is 2.54. The van der Waals surface area contributed by atoms with Crippen molar-refractivity contribution in [2.24, 2.45) is 5.41 Å². The summed E-state index contributed by atoms with van der Waals surface area (Å²) in [5, 5.41) is 9.64. The van der Waals surface area contributed by atoms with Crippen LogP contribution in [0, 0.1) is 5.41 Å². The fourth-order valence-corrected chi connectivity index (χ4v) is 2.54. The van der Waals surface area contributed by atoms with E-state index >= 15 is 0 Å². The highest BCUT2D eigenvalue weighted by Gasteiger charge is 2.31. The highest BCUT2D eigenvalue weighted by molar-refractivity contribution is 6.74. The molecule has 1 aliphatic rings. The Morgan fingerprint density at radius 2 is 1.53 bits per heavy atom. The van der Waals surface area contributed by atoms with Crippen LogP contribution in [0.25, 0.3) is 10.8 Å². The first-order chi connectivity index (χ1) is 8.97. The predicted molar refractivity (Wildman–Crippen MR) is 85.5 cm³/mol. The van der Waals surface area contributed by atoms with E-state index in [-0.39, 0.29) is 12.4 Å². The van der Waals surface area contributed by atoms with Gasteiger partial charge in [0.1, 0.15) is 0 Å². The van der Waals surface area contributed by atoms with Crippen LogP contribution in [0.3, 0.4) is 0 Å². The molecule has 96 valence electrons. The molecular formula is C16H19BN2. The standard InChI is InChI=1S/C16H19BN2/c1-11(16(2,3)4)17-18-13-9-5-7-12-8-6-10-14(19-17)15(12)13/h5-10,18-19H,1H2,2-4H3. The normalized spacial score (nSPS) is 13.9. The van der Waals surface area contributed by atoms with Crippen LogP contribution in [0.4, 0.5) is 11.4 Å². The molecule has 1 aliphatic heterocycles. The molecule has 0 fully saturated rings. The third-order valence-electron chi connectivity index (χ3n) is 3.82. The molecule has 0 spiro atoms. The Bertz CT molecular complexity index is 615. The lowest BCUT2D eigenvalue weighted by molar-refractivity contribution is 0.529. The smallest absolute Gasteiger partial charge is 0.401 e. The largest absolute Gasteiger partial charge is 0.405 e. The SMILES string of the molecule is C=C(B1Nc2cccc3cccc(c23)N1)C(C)(C)C. The zero-order valence-electron chi connectivity index (χ0n) is 11.7. The Balaban J connectivity index is 2.06. The predicted octanol–water partition coefficient (Wildman–Crippen LogP) is 4.31. The zero-order chi connectivity index (χ0) is 13.6. The summed E-state index contributed by atoms with van der Waals surface area (Å²) in [7, 11) is 0. The molecular weight excluding hydrogens is 231 g/mol. The summed E-state index contributed by atoms with van der Waals surface area (Å²) < 4.78 is 0. The minimum absolute atomic E-state index is 0.0743. The Labute approximate surface area is 115 Å². The second kappa shape index (κ2) is 4.05. The van der Waals surface area contributed by atoms with Gasteiger partial charge in [-0.25, -0.2) is 0 Å². The van der Waals surface area contributed by atoms with Gasteiger partial charge < -0.3 is 10.5 Å². The van der Waals surface area contributed by atoms with E-state index < -0.39 is 0 Å². The molecule has 3 heteroatoms. The van der Waals surface area contributed by atoms with Crippen molar-refractivity contribution in [2.75, 3.05) is 10.5 Å². The molecule has 0 amide bonds. The maximum absolute atomic E-state index is 4.26. The minimum Gasteiger partial charge on any atom is -0.405 e. The van der Waals surface area contributed by atoms with E-state index in [0.717, 1.165) is 0 Å². The van der Waals surface area contributed by atoms with Gasteiger partial charge in [-0.15, -0.1) is 6.58 Å². The number of nitrogens with one attached hydrogen (secondary N) is 2. The van der Waals surface area contributed by atoms with Gasteiger partial charge in [0, 0.05) is 16.8 Å². The topological polar surface area (TPSA) is 24.1 Å². The molecule has 1 heterocycles. The summed E-state index contributed by atoms with van der Waals surface area (Å²) in [6, 6.07) is 12.7. The third kappa shape index (κ3) is 1.99. The number of hydrogen-bond acceptors (Lipinski definition) is 2. The molecule has 0 saturated heterocycles. The molecule has 0 aromatic heterocycles. The molecule has 0 saturated carbocycles. The average Bonchev–Trinajstić information content (AvgIpc) is 2.37. The van der Waals surface area contributed by atoms with E-state index in [1.54, 1.807) is 0 Å². The van der Waals surface area contributed by atoms with E-state index in [2.05, 4.69) is 74.2 Å². The van der Waals surface area contributed by atoms with Crippen molar-refractivity contribution in [2.45, 2.75) is 20.8 Å². The van der Waals surface area contributed by atoms with Gasteiger partial charge in [-0.3, -0.25) is 0 Å². The minimum atomic E-state index is 0.0743.